The highest BCUT2D eigenvalue weighted by Crippen LogP contribution is 2.26. The number of hydrogen-bond acceptors (Lipinski definition) is 5. The summed E-state index contributed by atoms with van der Waals surface area (Å²) in [6.45, 7) is 3.37. The summed E-state index contributed by atoms with van der Waals surface area (Å²) in [4.78, 5) is 22.5. The van der Waals surface area contributed by atoms with Gasteiger partial charge in [-0.05, 0) is 26.0 Å². The van der Waals surface area contributed by atoms with Gasteiger partial charge in [-0.1, -0.05) is 0 Å². The Morgan fingerprint density at radius 2 is 2.00 bits per heavy atom. The van der Waals surface area contributed by atoms with Crippen molar-refractivity contribution < 1.29 is 18.7 Å². The van der Waals surface area contributed by atoms with Crippen molar-refractivity contribution in [3.8, 4) is 0 Å². The minimum atomic E-state index is -0.768. The van der Waals surface area contributed by atoms with Gasteiger partial charge in [0.15, 0.2) is 0 Å². The first-order valence-electron chi connectivity index (χ1n) is 5.90. The summed E-state index contributed by atoms with van der Waals surface area (Å²) in [5, 5.41) is 2.83. The molecule has 0 aliphatic heterocycles. The number of methoxy groups -OCH3 is 1. The zero-order chi connectivity index (χ0) is 15.5. The number of primary amides is 1. The molecule has 0 saturated heterocycles. The summed E-state index contributed by atoms with van der Waals surface area (Å²) in [7, 11) is 1.20. The van der Waals surface area contributed by atoms with E-state index in [0.29, 0.717) is 0 Å². The van der Waals surface area contributed by atoms with Crippen molar-refractivity contribution in [2.75, 3.05) is 18.2 Å². The fourth-order valence-electron chi connectivity index (χ4n) is 1.82. The van der Waals surface area contributed by atoms with Gasteiger partial charge in [0.25, 0.3) is 0 Å². The number of nitrogens with one attached hydrogen (secondary N) is 1. The first kappa shape index (κ1) is 15.7. The maximum Gasteiger partial charge on any atom is 0.340 e. The monoisotopic (exact) mass is 283 g/mol. The number of carbonyl (C=O) groups is 2. The number of benzene rings is 1. The second-order valence-electron chi connectivity index (χ2n) is 5.06. The lowest BCUT2D eigenvalue weighted by Crippen LogP contribution is -2.36. The van der Waals surface area contributed by atoms with Crippen LogP contribution in [0.25, 0.3) is 0 Å². The highest BCUT2D eigenvalue weighted by Gasteiger charge is 2.23. The Morgan fingerprint density at radius 1 is 1.40 bits per heavy atom. The summed E-state index contributed by atoms with van der Waals surface area (Å²) >= 11 is 0. The van der Waals surface area contributed by atoms with Crippen LogP contribution in [0, 0.1) is 5.82 Å². The van der Waals surface area contributed by atoms with E-state index >= 15 is 0 Å². The molecule has 0 unspecified atom stereocenters. The third-order valence-electron chi connectivity index (χ3n) is 2.63. The molecule has 1 aromatic carbocycles. The summed E-state index contributed by atoms with van der Waals surface area (Å²) in [5.74, 6) is -1.82. The van der Waals surface area contributed by atoms with Crippen molar-refractivity contribution in [3.05, 3.63) is 23.5 Å². The molecule has 0 aliphatic rings. The molecule has 1 amide bonds. The molecule has 5 N–H and O–H groups in total. The Bertz CT molecular complexity index is 544. The molecule has 7 heteroatoms. The Balaban J connectivity index is 3.12. The molecular formula is C13H18FN3O3. The lowest BCUT2D eigenvalue weighted by atomic mass is 9.99. The molecular weight excluding hydrogens is 265 g/mol. The van der Waals surface area contributed by atoms with Gasteiger partial charge in [0.05, 0.1) is 18.4 Å². The molecule has 0 spiro atoms. The standard InChI is InChI=1S/C13H18FN3O3/c1-13(2,6-11(16)18)17-10-4-7(12(19)20-3)9(15)5-8(10)14/h4-5,17H,6,15H2,1-3H3,(H2,16,18). The molecule has 110 valence electrons. The van der Waals surface area contributed by atoms with Crippen LogP contribution in [-0.4, -0.2) is 24.5 Å². The van der Waals surface area contributed by atoms with E-state index in [0.717, 1.165) is 6.07 Å². The van der Waals surface area contributed by atoms with E-state index in [-0.39, 0.29) is 23.4 Å². The number of nitrogen functional groups attached to an aromatic ring is 1. The molecule has 0 aliphatic carbocycles. The first-order chi connectivity index (χ1) is 9.16. The molecule has 20 heavy (non-hydrogen) atoms. The van der Waals surface area contributed by atoms with E-state index in [1.165, 1.54) is 13.2 Å². The van der Waals surface area contributed by atoms with Gasteiger partial charge in [0.1, 0.15) is 5.82 Å². The molecule has 0 atom stereocenters. The molecule has 0 aromatic heterocycles. The van der Waals surface area contributed by atoms with Crippen LogP contribution in [0.4, 0.5) is 15.8 Å². The number of ether oxygens (including phenoxy) is 1. The number of hydrogen-bond donors (Lipinski definition) is 3. The molecule has 0 bridgehead atoms. The molecule has 0 heterocycles. The van der Waals surface area contributed by atoms with Crippen molar-refractivity contribution in [1.29, 1.82) is 0 Å². The predicted molar refractivity (Wildman–Crippen MR) is 73.7 cm³/mol. The number of esters is 1. The number of nitrogens with two attached hydrogens (primary N) is 2. The number of carbonyl (C=O) groups excluding carboxylic acids is 2. The van der Waals surface area contributed by atoms with Gasteiger partial charge in [-0.15, -0.1) is 0 Å². The minimum Gasteiger partial charge on any atom is -0.465 e. The van der Waals surface area contributed by atoms with Crippen LogP contribution in [-0.2, 0) is 9.53 Å². The third kappa shape index (κ3) is 3.84. The Hall–Kier alpha value is -2.31. The summed E-state index contributed by atoms with van der Waals surface area (Å²) < 4.78 is 18.4. The summed E-state index contributed by atoms with van der Waals surface area (Å²) in [5.41, 5.74) is 10.0. The van der Waals surface area contributed by atoms with Gasteiger partial charge in [-0.2, -0.15) is 0 Å². The zero-order valence-electron chi connectivity index (χ0n) is 11.6. The number of amides is 1. The number of anilines is 2. The van der Waals surface area contributed by atoms with Crippen LogP contribution in [0.5, 0.6) is 0 Å². The minimum absolute atomic E-state index is 0.00434. The van der Waals surface area contributed by atoms with E-state index in [2.05, 4.69) is 10.1 Å². The van der Waals surface area contributed by atoms with Gasteiger partial charge in [0.2, 0.25) is 5.91 Å². The molecule has 0 fully saturated rings. The van der Waals surface area contributed by atoms with E-state index in [1.807, 2.05) is 0 Å². The van der Waals surface area contributed by atoms with Crippen LogP contribution in [0.1, 0.15) is 30.6 Å². The second kappa shape index (κ2) is 5.77. The summed E-state index contributed by atoms with van der Waals surface area (Å²) in [6, 6.07) is 2.27. The van der Waals surface area contributed by atoms with Crippen molar-refractivity contribution in [3.63, 3.8) is 0 Å². The van der Waals surface area contributed by atoms with Crippen LogP contribution >= 0.6 is 0 Å². The van der Waals surface area contributed by atoms with Crippen molar-refractivity contribution >= 4 is 23.3 Å². The van der Waals surface area contributed by atoms with Crippen molar-refractivity contribution in [1.82, 2.24) is 0 Å². The molecule has 1 rings (SSSR count). The lowest BCUT2D eigenvalue weighted by Gasteiger charge is -2.26. The maximum absolute atomic E-state index is 13.9. The Morgan fingerprint density at radius 3 is 2.50 bits per heavy atom. The van der Waals surface area contributed by atoms with E-state index < -0.39 is 23.2 Å². The van der Waals surface area contributed by atoms with Gasteiger partial charge in [0, 0.05) is 17.6 Å². The smallest absolute Gasteiger partial charge is 0.340 e. The quantitative estimate of drug-likeness (QED) is 0.557. The highest BCUT2D eigenvalue weighted by atomic mass is 19.1. The van der Waals surface area contributed by atoms with Crippen molar-refractivity contribution in [2.45, 2.75) is 25.8 Å². The normalized spacial score (nSPS) is 11.0. The average molecular weight is 283 g/mol. The van der Waals surface area contributed by atoms with E-state index in [4.69, 9.17) is 11.5 Å². The topological polar surface area (TPSA) is 107 Å². The second-order valence-corrected chi connectivity index (χ2v) is 5.06. The van der Waals surface area contributed by atoms with Crippen LogP contribution in [0.3, 0.4) is 0 Å². The Labute approximate surface area is 116 Å². The van der Waals surface area contributed by atoms with Gasteiger partial charge < -0.3 is 21.5 Å². The van der Waals surface area contributed by atoms with Gasteiger partial charge in [-0.25, -0.2) is 9.18 Å². The van der Waals surface area contributed by atoms with Gasteiger partial charge >= 0.3 is 5.97 Å². The fraction of sp³-hybridized carbons (Fsp3) is 0.385. The largest absolute Gasteiger partial charge is 0.465 e. The maximum atomic E-state index is 13.9. The Kier molecular flexibility index (Phi) is 4.54. The summed E-state index contributed by atoms with van der Waals surface area (Å²) in [6.07, 6.45) is 0.00434. The molecule has 0 radical (unpaired) electrons. The van der Waals surface area contributed by atoms with Crippen LogP contribution in [0.15, 0.2) is 12.1 Å². The fourth-order valence-corrected chi connectivity index (χ4v) is 1.82. The predicted octanol–water partition coefficient (Wildman–Crippen LogP) is 1.26. The van der Waals surface area contributed by atoms with Gasteiger partial charge in [-0.3, -0.25) is 4.79 Å². The van der Waals surface area contributed by atoms with E-state index in [9.17, 15) is 14.0 Å². The number of halogens is 1. The third-order valence-corrected chi connectivity index (χ3v) is 2.63. The van der Waals surface area contributed by atoms with Crippen LogP contribution in [0.2, 0.25) is 0 Å². The SMILES string of the molecule is COC(=O)c1cc(NC(C)(C)CC(N)=O)c(F)cc1N. The van der Waals surface area contributed by atoms with E-state index in [1.54, 1.807) is 13.8 Å². The average Bonchev–Trinajstić information content (AvgIpc) is 2.29. The molecule has 6 nitrogen and oxygen atoms in total. The molecule has 1 aromatic rings. The first-order valence-corrected chi connectivity index (χ1v) is 5.90. The highest BCUT2D eigenvalue weighted by molar-refractivity contribution is 5.96. The zero-order valence-corrected chi connectivity index (χ0v) is 11.6. The van der Waals surface area contributed by atoms with Crippen molar-refractivity contribution in [2.24, 2.45) is 5.73 Å². The van der Waals surface area contributed by atoms with Crippen LogP contribution < -0.4 is 16.8 Å². The lowest BCUT2D eigenvalue weighted by molar-refractivity contribution is -0.118. The molecule has 0 saturated carbocycles. The number of rotatable bonds is 5.